The van der Waals surface area contributed by atoms with Gasteiger partial charge in [0.1, 0.15) is 12.0 Å². The molecule has 0 saturated heterocycles. The summed E-state index contributed by atoms with van der Waals surface area (Å²) in [6.45, 7) is 2.61. The van der Waals surface area contributed by atoms with Crippen LogP contribution in [0.2, 0.25) is 0 Å². The van der Waals surface area contributed by atoms with Crippen molar-refractivity contribution in [3.05, 3.63) is 30.0 Å². The average molecular weight is 301 g/mol. The normalized spacial score (nSPS) is 10.7. The van der Waals surface area contributed by atoms with Gasteiger partial charge in [0.25, 0.3) is 0 Å². The lowest BCUT2D eigenvalue weighted by Gasteiger charge is -2.11. The summed E-state index contributed by atoms with van der Waals surface area (Å²) in [5, 5.41) is 3.19. The van der Waals surface area contributed by atoms with Crippen LogP contribution in [0.25, 0.3) is 10.2 Å². The predicted octanol–water partition coefficient (Wildman–Crippen LogP) is 3.20. The van der Waals surface area contributed by atoms with Crippen LogP contribution in [0.1, 0.15) is 13.3 Å². The molecule has 0 bridgehead atoms. The third-order valence-electron chi connectivity index (χ3n) is 2.88. The third kappa shape index (κ3) is 2.87. The van der Waals surface area contributed by atoms with E-state index in [0.717, 1.165) is 22.3 Å². The molecule has 0 atom stereocenters. The summed E-state index contributed by atoms with van der Waals surface area (Å²) in [7, 11) is 0. The van der Waals surface area contributed by atoms with E-state index >= 15 is 0 Å². The Hall–Kier alpha value is -2.41. The van der Waals surface area contributed by atoms with E-state index in [2.05, 4.69) is 20.3 Å². The highest BCUT2D eigenvalue weighted by Crippen LogP contribution is 2.29. The molecule has 7 heteroatoms. The molecule has 0 unspecified atom stereocenters. The summed E-state index contributed by atoms with van der Waals surface area (Å²) in [6, 6.07) is 5.91. The van der Waals surface area contributed by atoms with Crippen LogP contribution in [0.15, 0.2) is 30.0 Å². The number of hydrogen-bond acceptors (Lipinski definition) is 7. The number of hydrogen-bond donors (Lipinski definition) is 2. The lowest BCUT2D eigenvalue weighted by Crippen LogP contribution is -2.05. The molecular formula is C14H15N5OS. The largest absolute Gasteiger partial charge is 0.476 e. The fourth-order valence-corrected chi connectivity index (χ4v) is 2.58. The van der Waals surface area contributed by atoms with Gasteiger partial charge in [-0.1, -0.05) is 6.92 Å². The second-order valence-corrected chi connectivity index (χ2v) is 5.34. The van der Waals surface area contributed by atoms with Crippen LogP contribution < -0.4 is 15.8 Å². The molecule has 6 nitrogen and oxygen atoms in total. The van der Waals surface area contributed by atoms with Crippen molar-refractivity contribution in [1.82, 2.24) is 15.0 Å². The molecule has 3 aromatic rings. The summed E-state index contributed by atoms with van der Waals surface area (Å²) in [5.74, 6) is 0.952. The van der Waals surface area contributed by atoms with Gasteiger partial charge in [0.15, 0.2) is 5.82 Å². The first-order chi connectivity index (χ1) is 10.3. The van der Waals surface area contributed by atoms with E-state index in [-0.39, 0.29) is 0 Å². The van der Waals surface area contributed by atoms with Gasteiger partial charge >= 0.3 is 0 Å². The Balaban J connectivity index is 1.86. The molecule has 108 valence electrons. The van der Waals surface area contributed by atoms with Gasteiger partial charge in [-0.05, 0) is 24.6 Å². The Morgan fingerprint density at radius 3 is 3.05 bits per heavy atom. The minimum atomic E-state index is 0.410. The topological polar surface area (TPSA) is 86.0 Å². The van der Waals surface area contributed by atoms with Gasteiger partial charge in [-0.15, -0.1) is 11.3 Å². The van der Waals surface area contributed by atoms with E-state index in [9.17, 15) is 0 Å². The van der Waals surface area contributed by atoms with Crippen molar-refractivity contribution in [1.29, 1.82) is 0 Å². The quantitative estimate of drug-likeness (QED) is 0.752. The zero-order valence-corrected chi connectivity index (χ0v) is 12.4. The molecule has 0 aliphatic rings. The number of nitrogens with one attached hydrogen (secondary N) is 1. The molecular weight excluding hydrogens is 286 g/mol. The van der Waals surface area contributed by atoms with Crippen LogP contribution in [0, 0.1) is 0 Å². The van der Waals surface area contributed by atoms with Crippen molar-refractivity contribution in [3.63, 3.8) is 0 Å². The van der Waals surface area contributed by atoms with E-state index in [0.29, 0.717) is 24.0 Å². The monoisotopic (exact) mass is 301 g/mol. The number of benzene rings is 1. The highest BCUT2D eigenvalue weighted by atomic mass is 32.1. The van der Waals surface area contributed by atoms with Gasteiger partial charge in [-0.3, -0.25) is 0 Å². The smallest absolute Gasteiger partial charge is 0.242 e. The van der Waals surface area contributed by atoms with E-state index in [1.165, 1.54) is 6.33 Å². The summed E-state index contributed by atoms with van der Waals surface area (Å²) in [5.41, 5.74) is 10.2. The lowest BCUT2D eigenvalue weighted by molar-refractivity contribution is 0.307. The SMILES string of the molecule is CCCOc1ncnc(Nc2ccc3ncsc3c2)c1N. The Labute approximate surface area is 126 Å². The highest BCUT2D eigenvalue weighted by Gasteiger charge is 2.09. The number of aromatic nitrogens is 3. The molecule has 3 rings (SSSR count). The number of fused-ring (bicyclic) bond motifs is 1. The van der Waals surface area contributed by atoms with Crippen molar-refractivity contribution in [2.45, 2.75) is 13.3 Å². The Morgan fingerprint density at radius 2 is 2.19 bits per heavy atom. The molecule has 1 aromatic carbocycles. The van der Waals surface area contributed by atoms with Gasteiger partial charge < -0.3 is 15.8 Å². The van der Waals surface area contributed by atoms with Gasteiger partial charge in [-0.2, -0.15) is 4.98 Å². The van der Waals surface area contributed by atoms with Crippen molar-refractivity contribution >= 4 is 38.7 Å². The second kappa shape index (κ2) is 5.92. The Bertz CT molecular complexity index is 758. The van der Waals surface area contributed by atoms with Gasteiger partial charge in [0, 0.05) is 5.69 Å². The van der Waals surface area contributed by atoms with Crippen LogP contribution >= 0.6 is 11.3 Å². The van der Waals surface area contributed by atoms with E-state index < -0.39 is 0 Å². The number of anilines is 3. The Kier molecular flexibility index (Phi) is 3.83. The van der Waals surface area contributed by atoms with Gasteiger partial charge in [0.2, 0.25) is 5.88 Å². The standard InChI is InChI=1S/C14H15N5OS/c1-2-5-20-14-12(15)13(16-7-17-14)19-9-3-4-10-11(6-9)21-8-18-10/h3-4,6-8H,2,5,15H2,1H3,(H,16,17,19). The fraction of sp³-hybridized carbons (Fsp3) is 0.214. The molecule has 2 aromatic heterocycles. The molecule has 21 heavy (non-hydrogen) atoms. The summed E-state index contributed by atoms with van der Waals surface area (Å²) in [6.07, 6.45) is 2.34. The predicted molar refractivity (Wildman–Crippen MR) is 85.1 cm³/mol. The molecule has 0 aliphatic heterocycles. The number of nitrogens with two attached hydrogens (primary N) is 1. The first-order valence-electron chi connectivity index (χ1n) is 6.61. The summed E-state index contributed by atoms with van der Waals surface area (Å²) >= 11 is 1.59. The van der Waals surface area contributed by atoms with Crippen molar-refractivity contribution in [2.75, 3.05) is 17.7 Å². The van der Waals surface area contributed by atoms with Crippen LogP contribution in [0.5, 0.6) is 5.88 Å². The molecule has 3 N–H and O–H groups in total. The number of ether oxygens (including phenoxy) is 1. The van der Waals surface area contributed by atoms with Crippen LogP contribution in [0.4, 0.5) is 17.2 Å². The van der Waals surface area contributed by atoms with Crippen LogP contribution in [0.3, 0.4) is 0 Å². The zero-order valence-electron chi connectivity index (χ0n) is 11.5. The maximum Gasteiger partial charge on any atom is 0.242 e. The summed E-state index contributed by atoms with van der Waals surface area (Å²) < 4.78 is 6.60. The van der Waals surface area contributed by atoms with Crippen molar-refractivity contribution in [3.8, 4) is 5.88 Å². The lowest BCUT2D eigenvalue weighted by atomic mass is 10.3. The minimum Gasteiger partial charge on any atom is -0.476 e. The number of nitrogen functional groups attached to an aromatic ring is 1. The highest BCUT2D eigenvalue weighted by molar-refractivity contribution is 7.16. The molecule has 0 saturated carbocycles. The Morgan fingerprint density at radius 1 is 1.29 bits per heavy atom. The molecule has 0 spiro atoms. The van der Waals surface area contributed by atoms with Gasteiger partial charge in [-0.25, -0.2) is 9.97 Å². The van der Waals surface area contributed by atoms with E-state index in [4.69, 9.17) is 10.5 Å². The number of thiazole rings is 1. The molecule has 0 radical (unpaired) electrons. The van der Waals surface area contributed by atoms with E-state index in [1.54, 1.807) is 11.3 Å². The molecule has 0 aliphatic carbocycles. The number of nitrogens with zero attached hydrogens (tertiary/aromatic N) is 3. The van der Waals surface area contributed by atoms with Crippen molar-refractivity contribution in [2.24, 2.45) is 0 Å². The molecule has 0 amide bonds. The number of rotatable bonds is 5. The van der Waals surface area contributed by atoms with Crippen LogP contribution in [-0.2, 0) is 0 Å². The average Bonchev–Trinajstić information content (AvgIpc) is 2.96. The van der Waals surface area contributed by atoms with E-state index in [1.807, 2.05) is 30.6 Å². The second-order valence-electron chi connectivity index (χ2n) is 4.45. The molecule has 0 fully saturated rings. The minimum absolute atomic E-state index is 0.410. The maximum absolute atomic E-state index is 6.04. The summed E-state index contributed by atoms with van der Waals surface area (Å²) in [4.78, 5) is 12.5. The maximum atomic E-state index is 6.04. The first-order valence-corrected chi connectivity index (χ1v) is 7.49. The van der Waals surface area contributed by atoms with Gasteiger partial charge in [0.05, 0.1) is 22.3 Å². The van der Waals surface area contributed by atoms with Crippen molar-refractivity contribution < 1.29 is 4.74 Å². The molecule has 2 heterocycles. The zero-order chi connectivity index (χ0) is 14.7. The van der Waals surface area contributed by atoms with Crippen LogP contribution in [-0.4, -0.2) is 21.6 Å². The third-order valence-corrected chi connectivity index (χ3v) is 3.68. The fourth-order valence-electron chi connectivity index (χ4n) is 1.86. The first kappa shape index (κ1) is 13.6.